The van der Waals surface area contributed by atoms with Crippen LogP contribution in [0, 0.1) is 0 Å². The Balaban J connectivity index is 2.07. The first-order chi connectivity index (χ1) is 12.2. The Kier molecular flexibility index (Phi) is 7.59. The normalized spacial score (nSPS) is 10.0. The molecule has 0 radical (unpaired) electrons. The zero-order chi connectivity index (χ0) is 18.1. The summed E-state index contributed by atoms with van der Waals surface area (Å²) < 4.78 is 5.60. The highest BCUT2D eigenvalue weighted by atomic mass is 32.2. The average molecular weight is 374 g/mol. The van der Waals surface area contributed by atoms with E-state index in [1.165, 1.54) is 12.2 Å². The first-order valence-electron chi connectivity index (χ1n) is 7.04. The molecular formula is C16H14N4O3S2. The number of isocyanates is 2. The second kappa shape index (κ2) is 9.93. The molecule has 0 aliphatic heterocycles. The van der Waals surface area contributed by atoms with E-state index in [-0.39, 0.29) is 13.1 Å². The molecule has 2 aromatic carbocycles. The lowest BCUT2D eigenvalue weighted by Crippen LogP contribution is -1.98. The zero-order valence-electron chi connectivity index (χ0n) is 13.0. The van der Waals surface area contributed by atoms with Gasteiger partial charge in [0.05, 0.1) is 11.4 Å². The van der Waals surface area contributed by atoms with Crippen molar-refractivity contribution in [3.8, 4) is 0 Å². The molecule has 4 N–H and O–H groups in total. The van der Waals surface area contributed by atoms with Crippen LogP contribution in [0.3, 0.4) is 0 Å². The van der Waals surface area contributed by atoms with Crippen molar-refractivity contribution in [3.05, 3.63) is 47.5 Å². The molecule has 0 saturated heterocycles. The minimum atomic E-state index is 0.283. The van der Waals surface area contributed by atoms with E-state index in [0.717, 1.165) is 45.0 Å². The molecular weight excluding hydrogens is 360 g/mol. The smallest absolute Gasteiger partial charge is 0.240 e. The average Bonchev–Trinajstić information content (AvgIpc) is 2.64. The van der Waals surface area contributed by atoms with E-state index in [9.17, 15) is 9.59 Å². The molecule has 2 rings (SSSR count). The van der Waals surface area contributed by atoms with Crippen LogP contribution in [0.2, 0.25) is 0 Å². The quantitative estimate of drug-likeness (QED) is 0.413. The van der Waals surface area contributed by atoms with Gasteiger partial charge in [-0.15, -0.1) is 0 Å². The van der Waals surface area contributed by atoms with E-state index < -0.39 is 0 Å². The Hall–Kier alpha value is -2.22. The van der Waals surface area contributed by atoms with E-state index >= 15 is 0 Å². The van der Waals surface area contributed by atoms with Gasteiger partial charge in [0.1, 0.15) is 0 Å². The lowest BCUT2D eigenvalue weighted by molar-refractivity contribution is 0.564. The number of carbonyl (C=O) groups excluding carboxylic acids is 2. The van der Waals surface area contributed by atoms with Gasteiger partial charge in [0, 0.05) is 47.0 Å². The topological polar surface area (TPSA) is 120 Å². The number of rotatable bonds is 8. The van der Waals surface area contributed by atoms with Crippen molar-refractivity contribution >= 4 is 47.6 Å². The second-order valence-corrected chi connectivity index (χ2v) is 6.39. The molecule has 2 aromatic rings. The Bertz CT molecular complexity index is 778. The van der Waals surface area contributed by atoms with Gasteiger partial charge in [0.25, 0.3) is 0 Å². The first-order valence-corrected chi connectivity index (χ1v) is 8.53. The standard InChI is InChI=1S/C16H14N4O3S2/c17-7-11-5-13(19-9-21)1-3-15(11)24-23-25-16-4-2-14(20-10-22)6-12(16)8-18/h1-6H,7-8,17-18H2. The number of hydrogen-bond acceptors (Lipinski definition) is 9. The maximum absolute atomic E-state index is 10.3. The maximum Gasteiger partial charge on any atom is 0.240 e. The summed E-state index contributed by atoms with van der Waals surface area (Å²) in [7, 11) is 0. The van der Waals surface area contributed by atoms with E-state index in [1.807, 2.05) is 0 Å². The summed E-state index contributed by atoms with van der Waals surface area (Å²) in [6.45, 7) is 0.566. The van der Waals surface area contributed by atoms with Crippen LogP contribution in [-0.2, 0) is 26.3 Å². The predicted octanol–water partition coefficient (Wildman–Crippen LogP) is 3.27. The molecule has 0 spiro atoms. The van der Waals surface area contributed by atoms with Crippen molar-refractivity contribution in [2.45, 2.75) is 22.9 Å². The van der Waals surface area contributed by atoms with E-state index in [4.69, 9.17) is 15.1 Å². The summed E-state index contributed by atoms with van der Waals surface area (Å²) in [6, 6.07) is 10.3. The van der Waals surface area contributed by atoms with Crippen molar-refractivity contribution in [1.29, 1.82) is 0 Å². The SMILES string of the molecule is NCc1cc(N=C=O)ccc1SOSc1ccc(N=C=O)cc1CN. The molecule has 0 aliphatic carbocycles. The highest BCUT2D eigenvalue weighted by molar-refractivity contribution is 8.08. The molecule has 0 atom stereocenters. The molecule has 0 aromatic heterocycles. The number of nitrogens with two attached hydrogens (primary N) is 2. The van der Waals surface area contributed by atoms with Gasteiger partial charge in [-0.1, -0.05) is 0 Å². The second-order valence-electron chi connectivity index (χ2n) is 4.63. The molecule has 0 unspecified atom stereocenters. The summed E-state index contributed by atoms with van der Waals surface area (Å²) in [6.07, 6.45) is 2.99. The fourth-order valence-corrected chi connectivity index (χ4v) is 3.42. The van der Waals surface area contributed by atoms with Crippen LogP contribution < -0.4 is 11.5 Å². The number of aliphatic imine (C=N–C) groups is 2. The van der Waals surface area contributed by atoms with Crippen LogP contribution in [0.15, 0.2) is 56.2 Å². The van der Waals surface area contributed by atoms with Gasteiger partial charge in [-0.3, -0.25) is 0 Å². The summed E-state index contributed by atoms with van der Waals surface area (Å²) in [5, 5.41) is 0. The monoisotopic (exact) mass is 374 g/mol. The lowest BCUT2D eigenvalue weighted by atomic mass is 10.2. The largest absolute Gasteiger partial charge is 0.326 e. The molecule has 0 saturated carbocycles. The first kappa shape index (κ1) is 19.1. The third kappa shape index (κ3) is 5.38. The Morgan fingerprint density at radius 2 is 1.28 bits per heavy atom. The number of nitrogens with zero attached hydrogens (tertiary/aromatic N) is 2. The third-order valence-corrected chi connectivity index (χ3v) is 4.83. The summed E-state index contributed by atoms with van der Waals surface area (Å²) in [5.41, 5.74) is 14.0. The van der Waals surface area contributed by atoms with Gasteiger partial charge >= 0.3 is 0 Å². The Morgan fingerprint density at radius 1 is 0.840 bits per heavy atom. The highest BCUT2D eigenvalue weighted by Gasteiger charge is 2.08. The van der Waals surface area contributed by atoms with Crippen LogP contribution >= 0.6 is 24.1 Å². The molecule has 0 amide bonds. The van der Waals surface area contributed by atoms with Crippen molar-refractivity contribution < 1.29 is 13.2 Å². The fraction of sp³-hybridized carbons (Fsp3) is 0.125. The maximum atomic E-state index is 10.3. The van der Waals surface area contributed by atoms with Crippen molar-refractivity contribution in [2.75, 3.05) is 0 Å². The minimum Gasteiger partial charge on any atom is -0.326 e. The summed E-state index contributed by atoms with van der Waals surface area (Å²) >= 11 is 2.29. The summed E-state index contributed by atoms with van der Waals surface area (Å²) in [4.78, 5) is 29.4. The Labute approximate surface area is 153 Å². The van der Waals surface area contributed by atoms with Crippen LogP contribution in [0.4, 0.5) is 11.4 Å². The third-order valence-electron chi connectivity index (χ3n) is 3.13. The minimum absolute atomic E-state index is 0.283. The van der Waals surface area contributed by atoms with Crippen LogP contribution in [0.1, 0.15) is 11.1 Å². The van der Waals surface area contributed by atoms with E-state index in [0.29, 0.717) is 11.4 Å². The van der Waals surface area contributed by atoms with Gasteiger partial charge in [-0.25, -0.2) is 13.2 Å². The van der Waals surface area contributed by atoms with Gasteiger partial charge in [-0.05, 0) is 47.5 Å². The molecule has 128 valence electrons. The van der Waals surface area contributed by atoms with E-state index in [1.54, 1.807) is 36.4 Å². The molecule has 0 fully saturated rings. The van der Waals surface area contributed by atoms with Gasteiger partial charge < -0.3 is 11.5 Å². The van der Waals surface area contributed by atoms with Crippen molar-refractivity contribution in [1.82, 2.24) is 0 Å². The predicted molar refractivity (Wildman–Crippen MR) is 97.0 cm³/mol. The molecule has 0 heterocycles. The summed E-state index contributed by atoms with van der Waals surface area (Å²) in [5.74, 6) is 0. The zero-order valence-corrected chi connectivity index (χ0v) is 14.6. The fourth-order valence-electron chi connectivity index (χ4n) is 1.95. The molecule has 0 bridgehead atoms. The van der Waals surface area contributed by atoms with Crippen LogP contribution in [-0.4, -0.2) is 12.2 Å². The van der Waals surface area contributed by atoms with Gasteiger partial charge in [0.15, 0.2) is 0 Å². The van der Waals surface area contributed by atoms with Gasteiger partial charge in [0.2, 0.25) is 12.2 Å². The molecule has 7 nitrogen and oxygen atoms in total. The Morgan fingerprint density at radius 3 is 1.64 bits per heavy atom. The van der Waals surface area contributed by atoms with Gasteiger partial charge in [-0.2, -0.15) is 9.98 Å². The van der Waals surface area contributed by atoms with Crippen LogP contribution in [0.5, 0.6) is 0 Å². The van der Waals surface area contributed by atoms with E-state index in [2.05, 4.69) is 9.98 Å². The van der Waals surface area contributed by atoms with Crippen molar-refractivity contribution in [3.63, 3.8) is 0 Å². The molecule has 25 heavy (non-hydrogen) atoms. The molecule has 9 heteroatoms. The molecule has 0 aliphatic rings. The van der Waals surface area contributed by atoms with Crippen molar-refractivity contribution in [2.24, 2.45) is 21.5 Å². The highest BCUT2D eigenvalue weighted by Crippen LogP contribution is 2.35. The lowest BCUT2D eigenvalue weighted by Gasteiger charge is -2.09. The van der Waals surface area contributed by atoms with Crippen LogP contribution in [0.25, 0.3) is 0 Å². The number of hydrogen-bond donors (Lipinski definition) is 2. The number of benzene rings is 2.